The van der Waals surface area contributed by atoms with E-state index in [9.17, 15) is 22.8 Å². The van der Waals surface area contributed by atoms with E-state index in [0.29, 0.717) is 12.8 Å². The van der Waals surface area contributed by atoms with Crippen molar-refractivity contribution in [1.82, 2.24) is 0 Å². The van der Waals surface area contributed by atoms with E-state index in [0.717, 1.165) is 0 Å². The van der Waals surface area contributed by atoms with Gasteiger partial charge in [-0.3, -0.25) is 9.59 Å². The van der Waals surface area contributed by atoms with E-state index in [1.54, 1.807) is 6.92 Å². The number of ketones is 1. The molecule has 1 atom stereocenters. The highest BCUT2D eigenvalue weighted by Crippen LogP contribution is 2.41. The van der Waals surface area contributed by atoms with Crippen LogP contribution in [0.25, 0.3) is 0 Å². The summed E-state index contributed by atoms with van der Waals surface area (Å²) in [6, 6.07) is 0. The van der Waals surface area contributed by atoms with E-state index >= 15 is 0 Å². The highest BCUT2D eigenvalue weighted by atomic mass is 19.4. The molecule has 0 spiro atoms. The average Bonchev–Trinajstić information content (AvgIpc) is 2.27. The number of Topliss-reactive ketones (excluding diaryl/α,β-unsaturated/α-hetero) is 1. The monoisotopic (exact) mass is 266 g/mol. The van der Waals surface area contributed by atoms with Gasteiger partial charge in [0.25, 0.3) is 0 Å². The Bertz CT molecular complexity index is 325. The third-order valence-electron chi connectivity index (χ3n) is 3.29. The quantitative estimate of drug-likeness (QED) is 0.580. The second-order valence-corrected chi connectivity index (χ2v) is 4.55. The van der Waals surface area contributed by atoms with Crippen LogP contribution < -0.4 is 0 Å². The third-order valence-corrected chi connectivity index (χ3v) is 3.29. The lowest BCUT2D eigenvalue weighted by Crippen LogP contribution is -2.43. The van der Waals surface area contributed by atoms with Gasteiger partial charge in [0.05, 0.1) is 6.61 Å². The molecule has 0 N–H and O–H groups in total. The maximum atomic E-state index is 12.3. The summed E-state index contributed by atoms with van der Waals surface area (Å²) in [7, 11) is 0. The SMILES string of the molecule is CCOC(=O)C1(CCC(F)(F)F)CCCCC1=O. The highest BCUT2D eigenvalue weighted by Gasteiger charge is 2.49. The Hall–Kier alpha value is -1.07. The van der Waals surface area contributed by atoms with E-state index < -0.39 is 36.2 Å². The second-order valence-electron chi connectivity index (χ2n) is 4.55. The molecule has 0 aromatic carbocycles. The number of rotatable bonds is 4. The van der Waals surface area contributed by atoms with Gasteiger partial charge in [0.1, 0.15) is 11.2 Å². The Morgan fingerprint density at radius 3 is 2.56 bits per heavy atom. The highest BCUT2D eigenvalue weighted by molar-refractivity contribution is 6.04. The van der Waals surface area contributed by atoms with Crippen molar-refractivity contribution in [3.05, 3.63) is 0 Å². The van der Waals surface area contributed by atoms with Gasteiger partial charge in [-0.2, -0.15) is 13.2 Å². The lowest BCUT2D eigenvalue weighted by atomic mass is 9.70. The number of hydrogen-bond donors (Lipinski definition) is 0. The lowest BCUT2D eigenvalue weighted by molar-refractivity contribution is -0.169. The van der Waals surface area contributed by atoms with E-state index in [2.05, 4.69) is 0 Å². The number of esters is 1. The van der Waals surface area contributed by atoms with Crippen LogP contribution in [0.2, 0.25) is 0 Å². The van der Waals surface area contributed by atoms with Gasteiger partial charge in [-0.25, -0.2) is 0 Å². The zero-order valence-corrected chi connectivity index (χ0v) is 10.3. The number of hydrogen-bond acceptors (Lipinski definition) is 3. The molecule has 0 heterocycles. The van der Waals surface area contributed by atoms with Gasteiger partial charge in [0, 0.05) is 12.8 Å². The van der Waals surface area contributed by atoms with Crippen molar-refractivity contribution in [2.75, 3.05) is 6.61 Å². The Kier molecular flexibility index (Phi) is 4.76. The molecule has 1 unspecified atom stereocenters. The second kappa shape index (κ2) is 5.71. The molecular weight excluding hydrogens is 249 g/mol. The topological polar surface area (TPSA) is 43.4 Å². The normalized spacial score (nSPS) is 25.0. The van der Waals surface area contributed by atoms with Crippen molar-refractivity contribution < 1.29 is 27.5 Å². The molecule has 1 aliphatic carbocycles. The van der Waals surface area contributed by atoms with Crippen molar-refractivity contribution in [3.63, 3.8) is 0 Å². The third kappa shape index (κ3) is 3.46. The summed E-state index contributed by atoms with van der Waals surface area (Å²) in [6.45, 7) is 1.64. The van der Waals surface area contributed by atoms with Crippen LogP contribution in [-0.4, -0.2) is 24.5 Å². The minimum Gasteiger partial charge on any atom is -0.465 e. The Morgan fingerprint density at radius 2 is 2.06 bits per heavy atom. The molecule has 3 nitrogen and oxygen atoms in total. The minimum absolute atomic E-state index is 0.0693. The minimum atomic E-state index is -4.36. The Labute approximate surface area is 104 Å². The molecule has 0 aliphatic heterocycles. The summed E-state index contributed by atoms with van der Waals surface area (Å²) in [5.74, 6) is -1.20. The van der Waals surface area contributed by atoms with Crippen molar-refractivity contribution in [3.8, 4) is 0 Å². The smallest absolute Gasteiger partial charge is 0.389 e. The fourth-order valence-electron chi connectivity index (χ4n) is 2.30. The largest absolute Gasteiger partial charge is 0.465 e. The molecule has 0 radical (unpaired) electrons. The molecule has 0 aromatic rings. The first-order valence-electron chi connectivity index (χ1n) is 6.09. The number of halogens is 3. The van der Waals surface area contributed by atoms with Crippen molar-refractivity contribution >= 4 is 11.8 Å². The van der Waals surface area contributed by atoms with Crippen LogP contribution in [0.1, 0.15) is 45.4 Å². The Balaban J connectivity index is 2.86. The maximum Gasteiger partial charge on any atom is 0.389 e. The first-order chi connectivity index (χ1) is 8.32. The molecule has 0 bridgehead atoms. The predicted octanol–water partition coefficient (Wildman–Crippen LogP) is 3.02. The molecular formula is C12H17F3O3. The van der Waals surface area contributed by atoms with Gasteiger partial charge in [0.15, 0.2) is 0 Å². The number of ether oxygens (including phenoxy) is 1. The van der Waals surface area contributed by atoms with E-state index in [1.807, 2.05) is 0 Å². The first-order valence-corrected chi connectivity index (χ1v) is 6.09. The number of carbonyl (C=O) groups excluding carboxylic acids is 2. The van der Waals surface area contributed by atoms with Gasteiger partial charge in [-0.05, 0) is 26.2 Å². The van der Waals surface area contributed by atoms with Crippen molar-refractivity contribution in [2.24, 2.45) is 5.41 Å². The van der Waals surface area contributed by atoms with Gasteiger partial charge < -0.3 is 4.74 Å². The van der Waals surface area contributed by atoms with E-state index in [4.69, 9.17) is 4.74 Å². The summed E-state index contributed by atoms with van der Waals surface area (Å²) < 4.78 is 41.7. The fourth-order valence-corrected chi connectivity index (χ4v) is 2.30. The summed E-state index contributed by atoms with van der Waals surface area (Å²) in [5.41, 5.74) is -1.57. The first kappa shape index (κ1) is 15.0. The number of alkyl halides is 3. The van der Waals surface area contributed by atoms with Gasteiger partial charge in [-0.15, -0.1) is 0 Å². The molecule has 0 aromatic heterocycles. The van der Waals surface area contributed by atoms with Crippen LogP contribution in [0.15, 0.2) is 0 Å². The van der Waals surface area contributed by atoms with Crippen molar-refractivity contribution in [2.45, 2.75) is 51.6 Å². The molecule has 18 heavy (non-hydrogen) atoms. The molecule has 0 saturated heterocycles. The van der Waals surface area contributed by atoms with Crippen LogP contribution in [0.4, 0.5) is 13.2 Å². The van der Waals surface area contributed by atoms with Gasteiger partial charge in [0.2, 0.25) is 0 Å². The molecule has 1 aliphatic rings. The Morgan fingerprint density at radius 1 is 1.39 bits per heavy atom. The van der Waals surface area contributed by atoms with Crippen LogP contribution in [0.3, 0.4) is 0 Å². The summed E-state index contributed by atoms with van der Waals surface area (Å²) in [6.07, 6.45) is -4.44. The number of carbonyl (C=O) groups is 2. The average molecular weight is 266 g/mol. The molecule has 1 saturated carbocycles. The van der Waals surface area contributed by atoms with Crippen LogP contribution >= 0.6 is 0 Å². The molecule has 0 amide bonds. The maximum absolute atomic E-state index is 12.3. The predicted molar refractivity (Wildman–Crippen MR) is 57.8 cm³/mol. The molecule has 104 valence electrons. The zero-order chi connectivity index (χ0) is 13.8. The molecule has 1 rings (SSSR count). The summed E-state index contributed by atoms with van der Waals surface area (Å²) in [4.78, 5) is 23.7. The van der Waals surface area contributed by atoms with Crippen molar-refractivity contribution in [1.29, 1.82) is 0 Å². The van der Waals surface area contributed by atoms with Crippen LogP contribution in [-0.2, 0) is 14.3 Å². The summed E-state index contributed by atoms with van der Waals surface area (Å²) in [5, 5.41) is 0. The van der Waals surface area contributed by atoms with Crippen LogP contribution in [0.5, 0.6) is 0 Å². The van der Waals surface area contributed by atoms with Gasteiger partial charge in [-0.1, -0.05) is 6.42 Å². The van der Waals surface area contributed by atoms with Gasteiger partial charge >= 0.3 is 12.1 Å². The molecule has 1 fully saturated rings. The standard InChI is InChI=1S/C12H17F3O3/c1-2-18-10(17)11(7-8-12(13,14)15)6-4-3-5-9(11)16/h2-8H2,1H3. The zero-order valence-electron chi connectivity index (χ0n) is 10.3. The van der Waals surface area contributed by atoms with E-state index in [-0.39, 0.29) is 19.4 Å². The fraction of sp³-hybridized carbons (Fsp3) is 0.833. The molecule has 6 heteroatoms. The van der Waals surface area contributed by atoms with Crippen LogP contribution in [0, 0.1) is 5.41 Å². The lowest BCUT2D eigenvalue weighted by Gasteiger charge is -2.33. The summed E-state index contributed by atoms with van der Waals surface area (Å²) >= 11 is 0. The van der Waals surface area contributed by atoms with E-state index in [1.165, 1.54) is 0 Å².